The van der Waals surface area contributed by atoms with Crippen molar-refractivity contribution in [3.63, 3.8) is 0 Å². The van der Waals surface area contributed by atoms with Gasteiger partial charge >= 0.3 is 11.9 Å². The molecule has 0 heterocycles. The first-order chi connectivity index (χ1) is 17.4. The summed E-state index contributed by atoms with van der Waals surface area (Å²) >= 11 is 0. The van der Waals surface area contributed by atoms with Gasteiger partial charge in [-0.05, 0) is 50.4 Å². The average Bonchev–Trinajstić information content (AvgIpc) is 2.83. The van der Waals surface area contributed by atoms with Crippen molar-refractivity contribution < 1.29 is 19.1 Å². The number of unbranched alkanes of at least 4 members (excludes halogenated alkanes) is 15. The molecule has 4 heteroatoms. The predicted molar refractivity (Wildman–Crippen MR) is 153 cm³/mol. The molecule has 0 aliphatic rings. The average molecular weight is 511 g/mol. The third-order valence-electron chi connectivity index (χ3n) is 6.89. The van der Waals surface area contributed by atoms with Crippen LogP contribution in [0.3, 0.4) is 0 Å². The third-order valence-corrected chi connectivity index (χ3v) is 6.89. The Morgan fingerprint density at radius 2 is 0.667 bits per heavy atom. The fourth-order valence-electron chi connectivity index (χ4n) is 4.51. The molecule has 0 rings (SSSR count). The van der Waals surface area contributed by atoms with E-state index in [-0.39, 0.29) is 11.9 Å². The van der Waals surface area contributed by atoms with E-state index in [4.69, 9.17) is 9.47 Å². The molecule has 0 radical (unpaired) electrons. The molecule has 0 bridgehead atoms. The smallest absolute Gasteiger partial charge is 0.305 e. The number of esters is 2. The lowest BCUT2D eigenvalue weighted by Crippen LogP contribution is -2.06. The van der Waals surface area contributed by atoms with E-state index in [1.54, 1.807) is 0 Å². The van der Waals surface area contributed by atoms with Crippen LogP contribution in [0.2, 0.25) is 0 Å². The van der Waals surface area contributed by atoms with Gasteiger partial charge in [0, 0.05) is 12.8 Å². The van der Waals surface area contributed by atoms with Crippen LogP contribution in [0.4, 0.5) is 0 Å². The van der Waals surface area contributed by atoms with Crippen molar-refractivity contribution in [2.75, 3.05) is 13.2 Å². The Kier molecular flexibility index (Phi) is 26.2. The fraction of sp³-hybridized carbons (Fsp3) is 0.938. The maximum atomic E-state index is 11.7. The highest BCUT2D eigenvalue weighted by atomic mass is 16.5. The predicted octanol–water partition coefficient (Wildman–Crippen LogP) is 9.97. The van der Waals surface area contributed by atoms with Crippen LogP contribution in [0.15, 0.2) is 0 Å². The van der Waals surface area contributed by atoms with Crippen LogP contribution >= 0.6 is 0 Å². The van der Waals surface area contributed by atoms with E-state index in [2.05, 4.69) is 27.7 Å². The van der Waals surface area contributed by atoms with Gasteiger partial charge in [-0.15, -0.1) is 0 Å². The Labute approximate surface area is 225 Å². The molecule has 0 aromatic heterocycles. The van der Waals surface area contributed by atoms with Crippen LogP contribution in [0.25, 0.3) is 0 Å². The Hall–Kier alpha value is -1.06. The molecule has 36 heavy (non-hydrogen) atoms. The maximum absolute atomic E-state index is 11.7. The minimum atomic E-state index is -0.0106. The molecule has 4 nitrogen and oxygen atoms in total. The topological polar surface area (TPSA) is 52.6 Å². The van der Waals surface area contributed by atoms with Crippen LogP contribution in [0.1, 0.15) is 169 Å². The molecule has 0 spiro atoms. The molecule has 214 valence electrons. The van der Waals surface area contributed by atoms with Gasteiger partial charge in [0.2, 0.25) is 0 Å². The normalized spacial score (nSPS) is 11.4. The van der Waals surface area contributed by atoms with Gasteiger partial charge in [-0.1, -0.05) is 118 Å². The number of ether oxygens (including phenoxy) is 2. The van der Waals surface area contributed by atoms with Gasteiger partial charge in [0.25, 0.3) is 0 Å². The van der Waals surface area contributed by atoms with Crippen molar-refractivity contribution in [1.29, 1.82) is 0 Å². The molecule has 0 aliphatic heterocycles. The minimum absolute atomic E-state index is 0.0106. The molecule has 0 N–H and O–H groups in total. The molecule has 0 unspecified atom stereocenters. The molecule has 0 atom stereocenters. The first-order valence-electron chi connectivity index (χ1n) is 15.7. The number of hydrogen-bond acceptors (Lipinski definition) is 4. The zero-order chi connectivity index (χ0) is 26.7. The van der Waals surface area contributed by atoms with E-state index in [0.29, 0.717) is 37.9 Å². The summed E-state index contributed by atoms with van der Waals surface area (Å²) in [5.74, 6) is 1.35. The molecule has 0 fully saturated rings. The molecule has 0 saturated carbocycles. The van der Waals surface area contributed by atoms with Crippen LogP contribution < -0.4 is 0 Å². The Balaban J connectivity index is 3.19. The standard InChI is InChI=1S/C32H62O4/c1-29(2)23-21-27-35-31(33)25-19-17-15-13-11-9-7-5-6-8-10-12-14-16-18-20-26-32(34)36-28-22-24-30(3)4/h29-30H,5-28H2,1-4H3. The molecule has 0 aromatic carbocycles. The number of rotatable bonds is 27. The molecular formula is C32H62O4. The maximum Gasteiger partial charge on any atom is 0.305 e. The lowest BCUT2D eigenvalue weighted by atomic mass is 10.0. The van der Waals surface area contributed by atoms with Crippen molar-refractivity contribution in [3.05, 3.63) is 0 Å². The van der Waals surface area contributed by atoms with Gasteiger partial charge in [0.1, 0.15) is 0 Å². The molecule has 0 amide bonds. The van der Waals surface area contributed by atoms with Crippen molar-refractivity contribution >= 4 is 11.9 Å². The summed E-state index contributed by atoms with van der Waals surface area (Å²) in [6, 6.07) is 0. The summed E-state index contributed by atoms with van der Waals surface area (Å²) in [4.78, 5) is 23.4. The lowest BCUT2D eigenvalue weighted by Gasteiger charge is -2.07. The van der Waals surface area contributed by atoms with E-state index in [1.807, 2.05) is 0 Å². The van der Waals surface area contributed by atoms with Gasteiger partial charge in [0.05, 0.1) is 13.2 Å². The minimum Gasteiger partial charge on any atom is -0.466 e. The second-order valence-corrected chi connectivity index (χ2v) is 11.7. The van der Waals surface area contributed by atoms with Crippen LogP contribution in [0, 0.1) is 11.8 Å². The zero-order valence-corrected chi connectivity index (χ0v) is 24.8. The monoisotopic (exact) mass is 510 g/mol. The van der Waals surface area contributed by atoms with Crippen LogP contribution in [-0.4, -0.2) is 25.2 Å². The second-order valence-electron chi connectivity index (χ2n) is 11.7. The van der Waals surface area contributed by atoms with Gasteiger partial charge in [-0.25, -0.2) is 0 Å². The van der Waals surface area contributed by atoms with Gasteiger partial charge < -0.3 is 9.47 Å². The van der Waals surface area contributed by atoms with Crippen LogP contribution in [-0.2, 0) is 19.1 Å². The molecular weight excluding hydrogens is 448 g/mol. The van der Waals surface area contributed by atoms with Gasteiger partial charge in [-0.2, -0.15) is 0 Å². The highest BCUT2D eigenvalue weighted by molar-refractivity contribution is 5.69. The van der Waals surface area contributed by atoms with Crippen molar-refractivity contribution in [3.8, 4) is 0 Å². The SMILES string of the molecule is CC(C)CCCOC(=O)CCCCCCCCCCCCCCCCCCC(=O)OCCCC(C)C. The third kappa shape index (κ3) is 29.2. The largest absolute Gasteiger partial charge is 0.466 e. The zero-order valence-electron chi connectivity index (χ0n) is 24.8. The van der Waals surface area contributed by atoms with E-state index in [1.165, 1.54) is 77.0 Å². The highest BCUT2D eigenvalue weighted by Crippen LogP contribution is 2.15. The van der Waals surface area contributed by atoms with Gasteiger partial charge in [-0.3, -0.25) is 9.59 Å². The quantitative estimate of drug-likeness (QED) is 0.0814. The first-order valence-corrected chi connectivity index (χ1v) is 15.7. The number of hydrogen-bond donors (Lipinski definition) is 0. The number of carbonyl (C=O) groups excluding carboxylic acids is 2. The molecule has 0 aliphatic carbocycles. The Morgan fingerprint density at radius 3 is 0.917 bits per heavy atom. The summed E-state index contributed by atoms with van der Waals surface area (Å²) in [5, 5.41) is 0. The van der Waals surface area contributed by atoms with Crippen LogP contribution in [0.5, 0.6) is 0 Å². The van der Waals surface area contributed by atoms with E-state index < -0.39 is 0 Å². The summed E-state index contributed by atoms with van der Waals surface area (Å²) < 4.78 is 10.6. The lowest BCUT2D eigenvalue weighted by molar-refractivity contribution is -0.144. The van der Waals surface area contributed by atoms with Crippen molar-refractivity contribution in [1.82, 2.24) is 0 Å². The molecule has 0 saturated heterocycles. The Morgan fingerprint density at radius 1 is 0.417 bits per heavy atom. The van der Waals surface area contributed by atoms with Crippen molar-refractivity contribution in [2.24, 2.45) is 11.8 Å². The highest BCUT2D eigenvalue weighted by Gasteiger charge is 2.04. The molecule has 0 aromatic rings. The second kappa shape index (κ2) is 27.0. The summed E-state index contributed by atoms with van der Waals surface area (Å²) in [6.07, 6.45) is 25.7. The summed E-state index contributed by atoms with van der Waals surface area (Å²) in [6.45, 7) is 9.99. The van der Waals surface area contributed by atoms with E-state index >= 15 is 0 Å². The van der Waals surface area contributed by atoms with E-state index in [9.17, 15) is 9.59 Å². The summed E-state index contributed by atoms with van der Waals surface area (Å²) in [7, 11) is 0. The Bertz CT molecular complexity index is 443. The van der Waals surface area contributed by atoms with E-state index in [0.717, 1.165) is 51.4 Å². The fourth-order valence-corrected chi connectivity index (χ4v) is 4.51. The number of carbonyl (C=O) groups is 2. The van der Waals surface area contributed by atoms with Gasteiger partial charge in [0.15, 0.2) is 0 Å². The van der Waals surface area contributed by atoms with Crippen molar-refractivity contribution in [2.45, 2.75) is 169 Å². The summed E-state index contributed by atoms with van der Waals surface area (Å²) in [5.41, 5.74) is 0. The first kappa shape index (κ1) is 34.9.